The number of nitrogen functional groups attached to an aromatic ring is 1. The third kappa shape index (κ3) is 7.85. The Morgan fingerprint density at radius 1 is 1.08 bits per heavy atom. The van der Waals surface area contributed by atoms with E-state index >= 15 is 0 Å². The Morgan fingerprint density at radius 2 is 1.79 bits per heavy atom. The van der Waals surface area contributed by atoms with Crippen LogP contribution in [0, 0.1) is 5.41 Å². The topological polar surface area (TPSA) is 136 Å². The van der Waals surface area contributed by atoms with Gasteiger partial charge in [0.25, 0.3) is 0 Å². The van der Waals surface area contributed by atoms with Gasteiger partial charge in [0.1, 0.15) is 16.6 Å². The van der Waals surface area contributed by atoms with Crippen molar-refractivity contribution in [2.24, 2.45) is 5.73 Å². The Morgan fingerprint density at radius 3 is 2.46 bits per heavy atom. The maximum atomic E-state index is 13.1. The summed E-state index contributed by atoms with van der Waals surface area (Å²) in [5.74, 6) is 0.0851. The molecule has 0 fully saturated rings. The SMILES string of the molecule is CCOC(=O)CCN(C(=O)Oc1ccc2sc(CS(=O)c3ccc(C(=N)N)cc3)nc2c1)c1ccccc1.Cl. The molecule has 1 heterocycles. The lowest BCUT2D eigenvalue weighted by Crippen LogP contribution is -2.35. The molecule has 3 aromatic carbocycles. The van der Waals surface area contributed by atoms with E-state index in [-0.39, 0.29) is 43.6 Å². The van der Waals surface area contributed by atoms with Gasteiger partial charge in [-0.15, -0.1) is 23.7 Å². The quantitative estimate of drug-likeness (QED) is 0.147. The zero-order chi connectivity index (χ0) is 27.1. The molecule has 3 N–H and O–H groups in total. The number of anilines is 1. The maximum Gasteiger partial charge on any atom is 0.419 e. The zero-order valence-corrected chi connectivity index (χ0v) is 23.4. The van der Waals surface area contributed by atoms with Crippen molar-refractivity contribution < 1.29 is 23.3 Å². The summed E-state index contributed by atoms with van der Waals surface area (Å²) in [6.45, 7) is 2.10. The van der Waals surface area contributed by atoms with Gasteiger partial charge in [-0.25, -0.2) is 9.78 Å². The molecule has 0 saturated carbocycles. The normalized spacial score (nSPS) is 11.3. The van der Waals surface area contributed by atoms with E-state index in [2.05, 4.69) is 4.98 Å². The molecule has 1 aromatic heterocycles. The number of amidine groups is 1. The molecule has 0 spiro atoms. The monoisotopic (exact) mass is 586 g/mol. The molecule has 1 amide bonds. The smallest absolute Gasteiger partial charge is 0.419 e. The Hall–Kier alpha value is -3.80. The van der Waals surface area contributed by atoms with Crippen LogP contribution in [-0.2, 0) is 26.1 Å². The van der Waals surface area contributed by atoms with Crippen LogP contribution in [0.5, 0.6) is 5.75 Å². The molecule has 9 nitrogen and oxygen atoms in total. The Bertz CT molecular complexity index is 1480. The van der Waals surface area contributed by atoms with Crippen LogP contribution in [0.15, 0.2) is 77.7 Å². The molecule has 4 rings (SSSR count). The van der Waals surface area contributed by atoms with Gasteiger partial charge in [0.15, 0.2) is 0 Å². The average Bonchev–Trinajstić information content (AvgIpc) is 3.31. The van der Waals surface area contributed by atoms with E-state index in [1.165, 1.54) is 16.2 Å². The second-order valence-corrected chi connectivity index (χ2v) is 10.6. The highest BCUT2D eigenvalue weighted by Crippen LogP contribution is 2.28. The number of carbonyl (C=O) groups excluding carboxylic acids is 2. The standard InChI is InChI=1S/C27H26N4O5S2.ClH/c1-2-35-25(32)14-15-31(19-6-4-3-5-7-19)27(33)36-20-10-13-23-22(16-20)30-24(37-23)17-38(34)21-11-8-18(9-12-21)26(28)29;/h3-13,16H,2,14-15,17H2,1H3,(H3,28,29);1H. The summed E-state index contributed by atoms with van der Waals surface area (Å²) in [4.78, 5) is 31.5. The van der Waals surface area contributed by atoms with Gasteiger partial charge in [-0.2, -0.15) is 0 Å². The molecule has 0 aliphatic rings. The first kappa shape index (κ1) is 29.8. The van der Waals surface area contributed by atoms with Crippen molar-refractivity contribution in [3.8, 4) is 5.75 Å². The lowest BCUT2D eigenvalue weighted by atomic mass is 10.2. The van der Waals surface area contributed by atoms with Gasteiger partial charge >= 0.3 is 12.1 Å². The number of amides is 1. The lowest BCUT2D eigenvalue weighted by Gasteiger charge is -2.21. The fraction of sp³-hybridized carbons (Fsp3) is 0.185. The number of aromatic nitrogens is 1. The molecule has 0 bridgehead atoms. The predicted molar refractivity (Wildman–Crippen MR) is 156 cm³/mol. The minimum atomic E-state index is -1.33. The summed E-state index contributed by atoms with van der Waals surface area (Å²) >= 11 is 1.41. The molecule has 0 radical (unpaired) electrons. The second-order valence-electron chi connectivity index (χ2n) is 8.08. The number of hydrogen-bond acceptors (Lipinski definition) is 8. The summed E-state index contributed by atoms with van der Waals surface area (Å²) in [5.41, 5.74) is 7.27. The van der Waals surface area contributed by atoms with Crippen LogP contribution in [0.2, 0.25) is 0 Å². The number of nitrogens with two attached hydrogens (primary N) is 1. The number of carbonyl (C=O) groups is 2. The molecule has 1 atom stereocenters. The van der Waals surface area contributed by atoms with Crippen molar-refractivity contribution in [2.75, 3.05) is 18.1 Å². The largest absolute Gasteiger partial charge is 0.466 e. The van der Waals surface area contributed by atoms with E-state index in [1.54, 1.807) is 73.7 Å². The maximum absolute atomic E-state index is 13.1. The van der Waals surface area contributed by atoms with E-state index in [0.29, 0.717) is 32.4 Å². The van der Waals surface area contributed by atoms with Crippen molar-refractivity contribution in [1.82, 2.24) is 4.98 Å². The number of esters is 1. The first-order valence-corrected chi connectivity index (χ1v) is 13.9. The summed E-state index contributed by atoms with van der Waals surface area (Å²) in [7, 11) is -1.33. The number of ether oxygens (including phenoxy) is 2. The van der Waals surface area contributed by atoms with Crippen LogP contribution < -0.4 is 15.4 Å². The average molecular weight is 587 g/mol. The van der Waals surface area contributed by atoms with Crippen molar-refractivity contribution >= 4 is 68.3 Å². The molecule has 1 unspecified atom stereocenters. The van der Waals surface area contributed by atoms with E-state index in [9.17, 15) is 13.8 Å². The Balaban J connectivity index is 0.00000420. The molecule has 39 heavy (non-hydrogen) atoms. The van der Waals surface area contributed by atoms with Crippen LogP contribution in [0.3, 0.4) is 0 Å². The minimum absolute atomic E-state index is 0. The van der Waals surface area contributed by atoms with E-state index < -0.39 is 22.9 Å². The Labute approximate surface area is 238 Å². The number of halogens is 1. The lowest BCUT2D eigenvalue weighted by molar-refractivity contribution is -0.142. The molecule has 12 heteroatoms. The van der Waals surface area contributed by atoms with Gasteiger partial charge in [0.05, 0.1) is 39.8 Å². The number of para-hydroxylation sites is 1. The fourth-order valence-electron chi connectivity index (χ4n) is 3.59. The number of rotatable bonds is 10. The zero-order valence-electron chi connectivity index (χ0n) is 21.0. The molecule has 4 aromatic rings. The molecular weight excluding hydrogens is 560 g/mol. The van der Waals surface area contributed by atoms with Crippen LogP contribution in [0.1, 0.15) is 23.9 Å². The van der Waals surface area contributed by atoms with E-state index in [0.717, 1.165) is 4.70 Å². The van der Waals surface area contributed by atoms with Gasteiger partial charge in [-0.05, 0) is 43.3 Å². The summed E-state index contributed by atoms with van der Waals surface area (Å²) in [5, 5.41) is 8.15. The van der Waals surface area contributed by atoms with E-state index in [4.69, 9.17) is 20.6 Å². The summed E-state index contributed by atoms with van der Waals surface area (Å²) in [6.07, 6.45) is -0.605. The van der Waals surface area contributed by atoms with Gasteiger partial charge in [0, 0.05) is 28.8 Å². The van der Waals surface area contributed by atoms with Gasteiger partial charge < -0.3 is 15.2 Å². The number of hydrogen-bond donors (Lipinski definition) is 2. The van der Waals surface area contributed by atoms with Crippen LogP contribution in [-0.4, -0.2) is 40.2 Å². The van der Waals surface area contributed by atoms with Crippen molar-refractivity contribution in [2.45, 2.75) is 24.0 Å². The Kier molecular flexibility index (Phi) is 10.6. The summed E-state index contributed by atoms with van der Waals surface area (Å²) in [6, 6.07) is 20.8. The van der Waals surface area contributed by atoms with Crippen molar-refractivity contribution in [1.29, 1.82) is 5.41 Å². The first-order chi connectivity index (χ1) is 18.3. The number of thiazole rings is 1. The van der Waals surface area contributed by atoms with Crippen LogP contribution in [0.25, 0.3) is 10.2 Å². The van der Waals surface area contributed by atoms with Gasteiger partial charge in [-0.3, -0.25) is 19.3 Å². The molecule has 0 saturated heterocycles. The summed E-state index contributed by atoms with van der Waals surface area (Å²) < 4.78 is 24.3. The molecular formula is C27H27ClN4O5S2. The predicted octanol–water partition coefficient (Wildman–Crippen LogP) is 5.27. The minimum Gasteiger partial charge on any atom is -0.466 e. The fourth-order valence-corrected chi connectivity index (χ4v) is 5.78. The van der Waals surface area contributed by atoms with Gasteiger partial charge in [-0.1, -0.05) is 30.3 Å². The number of nitrogens with zero attached hydrogens (tertiary/aromatic N) is 2. The van der Waals surface area contributed by atoms with E-state index in [1.807, 2.05) is 6.07 Å². The molecule has 0 aliphatic carbocycles. The highest BCUT2D eigenvalue weighted by Gasteiger charge is 2.20. The van der Waals surface area contributed by atoms with Crippen LogP contribution in [0.4, 0.5) is 10.5 Å². The third-order valence-corrected chi connectivity index (χ3v) is 7.98. The molecule has 204 valence electrons. The third-order valence-electron chi connectivity index (χ3n) is 5.42. The highest BCUT2D eigenvalue weighted by atomic mass is 35.5. The molecule has 0 aliphatic heterocycles. The van der Waals surface area contributed by atoms with Crippen molar-refractivity contribution in [3.05, 3.63) is 83.4 Å². The van der Waals surface area contributed by atoms with Crippen molar-refractivity contribution in [3.63, 3.8) is 0 Å². The first-order valence-electron chi connectivity index (χ1n) is 11.8. The highest BCUT2D eigenvalue weighted by molar-refractivity contribution is 7.84. The number of fused-ring (bicyclic) bond motifs is 1. The van der Waals surface area contributed by atoms with Gasteiger partial charge in [0.2, 0.25) is 0 Å². The second kappa shape index (κ2) is 13.8. The number of nitrogens with one attached hydrogen (secondary N) is 1. The number of benzene rings is 3. The van der Waals surface area contributed by atoms with Crippen LogP contribution >= 0.6 is 23.7 Å².